The summed E-state index contributed by atoms with van der Waals surface area (Å²) in [6.07, 6.45) is 2.92. The molecule has 2 N–H and O–H groups in total. The Morgan fingerprint density at radius 3 is 2.23 bits per heavy atom. The third-order valence-electron chi connectivity index (χ3n) is 5.21. The first-order valence-corrected chi connectivity index (χ1v) is 13.9. The predicted molar refractivity (Wildman–Crippen MR) is 138 cm³/mol. The van der Waals surface area contributed by atoms with E-state index in [2.05, 4.69) is 85.4 Å². The van der Waals surface area contributed by atoms with Gasteiger partial charge in [-0.15, -0.1) is 23.1 Å². The van der Waals surface area contributed by atoms with Crippen molar-refractivity contribution in [3.63, 3.8) is 0 Å². The molecule has 0 aliphatic carbocycles. The predicted octanol–water partition coefficient (Wildman–Crippen LogP) is 7.64. The summed E-state index contributed by atoms with van der Waals surface area (Å²) in [5, 5.41) is 2.36. The van der Waals surface area contributed by atoms with Gasteiger partial charge in [-0.2, -0.15) is 0 Å². The van der Waals surface area contributed by atoms with Gasteiger partial charge in [-0.3, -0.25) is 0 Å². The van der Waals surface area contributed by atoms with Gasteiger partial charge in [0.05, 0.1) is 10.6 Å². The first-order valence-electron chi connectivity index (χ1n) is 9.32. The van der Waals surface area contributed by atoms with Crippen molar-refractivity contribution in [3.05, 3.63) is 79.0 Å². The van der Waals surface area contributed by atoms with E-state index in [1.165, 1.54) is 33.3 Å². The molecule has 152 valence electrons. The summed E-state index contributed by atoms with van der Waals surface area (Å²) in [5.41, 5.74) is 10.4. The first kappa shape index (κ1) is 20.8. The topological polar surface area (TPSA) is 51.8 Å². The number of nitrogens with two attached hydrogens (primary N) is 1. The van der Waals surface area contributed by atoms with Crippen LogP contribution in [-0.2, 0) is 6.42 Å². The van der Waals surface area contributed by atoms with Crippen LogP contribution < -0.4 is 5.73 Å². The van der Waals surface area contributed by atoms with Gasteiger partial charge in [0.1, 0.15) is 10.6 Å². The summed E-state index contributed by atoms with van der Waals surface area (Å²) in [6.45, 7) is 0. The van der Waals surface area contributed by atoms with Crippen LogP contribution in [0.1, 0.15) is 32.1 Å². The normalized spacial score (nSPS) is 18.5. The van der Waals surface area contributed by atoms with Crippen molar-refractivity contribution in [2.45, 2.75) is 22.1 Å². The van der Waals surface area contributed by atoms with Gasteiger partial charge in [0.2, 0.25) is 0 Å². The summed E-state index contributed by atoms with van der Waals surface area (Å²) in [7, 11) is 0. The average Bonchev–Trinajstić information content (AvgIpc) is 3.13. The van der Waals surface area contributed by atoms with Gasteiger partial charge in [0.15, 0.2) is 5.16 Å². The van der Waals surface area contributed by atoms with Crippen molar-refractivity contribution >= 4 is 82.8 Å². The Morgan fingerprint density at radius 1 is 0.967 bits per heavy atom. The molecule has 8 heteroatoms. The molecule has 2 aromatic heterocycles. The molecule has 4 aromatic rings. The fraction of sp³-hybridized carbons (Fsp3) is 0.182. The third-order valence-corrected chi connectivity index (χ3v) is 9.71. The fourth-order valence-electron chi connectivity index (χ4n) is 3.79. The van der Waals surface area contributed by atoms with E-state index in [4.69, 9.17) is 10.7 Å². The summed E-state index contributed by atoms with van der Waals surface area (Å²) < 4.78 is 2.19. The Labute approximate surface area is 204 Å². The van der Waals surface area contributed by atoms with Crippen LogP contribution in [0, 0.1) is 0 Å². The minimum Gasteiger partial charge on any atom is -0.383 e. The Morgan fingerprint density at radius 2 is 1.60 bits per heavy atom. The van der Waals surface area contributed by atoms with Crippen molar-refractivity contribution in [2.24, 2.45) is 0 Å². The van der Waals surface area contributed by atoms with Crippen molar-refractivity contribution in [2.75, 3.05) is 12.0 Å². The Kier molecular flexibility index (Phi) is 5.88. The highest BCUT2D eigenvalue weighted by atomic mass is 79.9. The van der Waals surface area contributed by atoms with Crippen LogP contribution >= 0.6 is 66.7 Å². The van der Waals surface area contributed by atoms with Crippen molar-refractivity contribution < 1.29 is 0 Å². The van der Waals surface area contributed by atoms with Crippen LogP contribution in [0.15, 0.2) is 62.6 Å². The molecule has 30 heavy (non-hydrogen) atoms. The molecule has 1 aliphatic heterocycles. The van der Waals surface area contributed by atoms with Crippen molar-refractivity contribution in [1.82, 2.24) is 9.97 Å². The number of thiophene rings is 1. The second-order valence-electron chi connectivity index (χ2n) is 7.03. The van der Waals surface area contributed by atoms with E-state index in [1.54, 1.807) is 11.3 Å². The first-order chi connectivity index (χ1) is 14.5. The standard InChI is InChI=1S/C22H17Br2N3S3/c1-28-22-26-20(25)17-15-10-16(11-2-6-13(23)7-3-11)29-18(19(15)30-21(17)27-22)12-4-8-14(24)9-5-12/h2-9,16,18H,10H2,1H3,(H2,25,26,27)/t16-,18+/m0/s1. The van der Waals surface area contributed by atoms with Gasteiger partial charge in [-0.1, -0.05) is 67.9 Å². The Hall–Kier alpha value is -1.06. The Balaban J connectivity index is 1.69. The van der Waals surface area contributed by atoms with Crippen molar-refractivity contribution in [1.29, 1.82) is 0 Å². The smallest absolute Gasteiger partial charge is 0.190 e. The maximum Gasteiger partial charge on any atom is 0.190 e. The highest BCUT2D eigenvalue weighted by Gasteiger charge is 2.34. The second-order valence-corrected chi connectivity index (χ2v) is 12.0. The summed E-state index contributed by atoms with van der Waals surface area (Å²) in [4.78, 5) is 11.7. The zero-order valence-corrected chi connectivity index (χ0v) is 21.6. The molecule has 0 bridgehead atoms. The maximum atomic E-state index is 6.43. The monoisotopic (exact) mass is 577 g/mol. The van der Waals surface area contributed by atoms with E-state index in [0.717, 1.165) is 30.7 Å². The summed E-state index contributed by atoms with van der Waals surface area (Å²) >= 11 is 12.4. The molecule has 3 heterocycles. The van der Waals surface area contributed by atoms with Gasteiger partial charge in [-0.25, -0.2) is 9.97 Å². The van der Waals surface area contributed by atoms with E-state index >= 15 is 0 Å². The lowest BCUT2D eigenvalue weighted by Gasteiger charge is -2.30. The molecule has 0 saturated heterocycles. The molecular weight excluding hydrogens is 562 g/mol. The molecule has 2 aromatic carbocycles. The number of nitrogen functional groups attached to an aromatic ring is 1. The van der Waals surface area contributed by atoms with Crippen LogP contribution in [0.3, 0.4) is 0 Å². The highest BCUT2D eigenvalue weighted by molar-refractivity contribution is 9.10. The lowest BCUT2D eigenvalue weighted by atomic mass is 9.98. The second kappa shape index (κ2) is 8.47. The maximum absolute atomic E-state index is 6.43. The number of anilines is 1. The third kappa shape index (κ3) is 3.81. The molecule has 0 saturated carbocycles. The lowest BCUT2D eigenvalue weighted by Crippen LogP contribution is -2.12. The lowest BCUT2D eigenvalue weighted by molar-refractivity contribution is 0.893. The number of thioether (sulfide) groups is 2. The zero-order valence-electron chi connectivity index (χ0n) is 15.9. The number of fused-ring (bicyclic) bond motifs is 3. The van der Waals surface area contributed by atoms with E-state index < -0.39 is 0 Å². The Bertz CT molecular complexity index is 1220. The SMILES string of the molecule is CSc1nc(N)c2c3c(sc2n1)[C@@H](c1ccc(Br)cc1)S[C@H](c1ccc(Br)cc1)C3. The van der Waals surface area contributed by atoms with Crippen LogP contribution in [-0.4, -0.2) is 16.2 Å². The molecule has 2 atom stereocenters. The molecule has 0 radical (unpaired) electrons. The van der Waals surface area contributed by atoms with Crippen LogP contribution in [0.25, 0.3) is 10.2 Å². The number of benzene rings is 2. The van der Waals surface area contributed by atoms with E-state index in [-0.39, 0.29) is 5.25 Å². The van der Waals surface area contributed by atoms with Gasteiger partial charge in [-0.05, 0) is 53.6 Å². The minimum absolute atomic E-state index is 0.242. The number of rotatable bonds is 3. The number of nitrogens with zero attached hydrogens (tertiary/aromatic N) is 2. The fourth-order valence-corrected chi connectivity index (χ4v) is 7.77. The molecule has 0 fully saturated rings. The number of hydrogen-bond acceptors (Lipinski definition) is 6. The van der Waals surface area contributed by atoms with E-state index in [1.807, 2.05) is 18.0 Å². The molecule has 0 unspecified atom stereocenters. The summed E-state index contributed by atoms with van der Waals surface area (Å²) in [5.74, 6) is 0.595. The molecule has 5 rings (SSSR count). The van der Waals surface area contributed by atoms with Gasteiger partial charge >= 0.3 is 0 Å². The highest BCUT2D eigenvalue weighted by Crippen LogP contribution is 2.56. The molecule has 1 aliphatic rings. The number of hydrogen-bond donors (Lipinski definition) is 1. The molecule has 3 nitrogen and oxygen atoms in total. The zero-order chi connectivity index (χ0) is 20.8. The van der Waals surface area contributed by atoms with Crippen LogP contribution in [0.5, 0.6) is 0 Å². The van der Waals surface area contributed by atoms with Crippen LogP contribution in [0.4, 0.5) is 5.82 Å². The number of halogens is 2. The van der Waals surface area contributed by atoms with Gasteiger partial charge in [0, 0.05) is 19.1 Å². The average molecular weight is 579 g/mol. The minimum atomic E-state index is 0.242. The van der Waals surface area contributed by atoms with Crippen LogP contribution in [0.2, 0.25) is 0 Å². The molecular formula is C22H17Br2N3S3. The van der Waals surface area contributed by atoms with Gasteiger partial charge < -0.3 is 5.73 Å². The quantitative estimate of drug-likeness (QED) is 0.200. The summed E-state index contributed by atoms with van der Waals surface area (Å²) in [6, 6.07) is 17.3. The van der Waals surface area contributed by atoms with E-state index in [0.29, 0.717) is 11.1 Å². The number of aromatic nitrogens is 2. The largest absolute Gasteiger partial charge is 0.383 e. The van der Waals surface area contributed by atoms with Gasteiger partial charge in [0.25, 0.3) is 0 Å². The molecule has 0 amide bonds. The van der Waals surface area contributed by atoms with E-state index in [9.17, 15) is 0 Å². The molecule has 0 spiro atoms. The van der Waals surface area contributed by atoms with Crippen molar-refractivity contribution in [3.8, 4) is 0 Å².